The normalized spacial score (nSPS) is 14.1. The number of carbonyl (C=O) groups is 2. The van der Waals surface area contributed by atoms with Crippen molar-refractivity contribution in [1.29, 1.82) is 0 Å². The second-order valence-corrected chi connectivity index (χ2v) is 6.13. The van der Waals surface area contributed by atoms with Crippen molar-refractivity contribution in [3.63, 3.8) is 0 Å². The van der Waals surface area contributed by atoms with E-state index in [1.54, 1.807) is 26.0 Å². The SMILES string of the molecule is CC(C)(CO)[C@@H](O)C(=O)NCCC(O)C(=O)c1ccc(N)cc1. The molecule has 0 saturated heterocycles. The number of nitrogens with two attached hydrogens (primary N) is 1. The number of carbonyl (C=O) groups excluding carboxylic acids is 2. The van der Waals surface area contributed by atoms with Crippen molar-refractivity contribution in [2.75, 3.05) is 18.9 Å². The summed E-state index contributed by atoms with van der Waals surface area (Å²) in [6.45, 7) is 2.78. The average molecular weight is 324 g/mol. The Kier molecular flexibility index (Phi) is 6.68. The fraction of sp³-hybridized carbons (Fsp3) is 0.500. The van der Waals surface area contributed by atoms with Crippen molar-refractivity contribution in [1.82, 2.24) is 5.32 Å². The molecular formula is C16H24N2O5. The minimum absolute atomic E-state index is 0.0151. The van der Waals surface area contributed by atoms with Crippen molar-refractivity contribution < 1.29 is 24.9 Å². The van der Waals surface area contributed by atoms with Gasteiger partial charge in [0.1, 0.15) is 12.2 Å². The zero-order valence-electron chi connectivity index (χ0n) is 13.3. The Bertz CT molecular complexity index is 542. The van der Waals surface area contributed by atoms with Crippen LogP contribution in [0, 0.1) is 5.41 Å². The summed E-state index contributed by atoms with van der Waals surface area (Å²) in [7, 11) is 0. The van der Waals surface area contributed by atoms with Gasteiger partial charge in [-0.2, -0.15) is 0 Å². The highest BCUT2D eigenvalue weighted by molar-refractivity contribution is 5.99. The number of Topliss-reactive ketones (excluding diaryl/α,β-unsaturated/α-hetero) is 1. The Balaban J connectivity index is 2.47. The maximum atomic E-state index is 12.0. The van der Waals surface area contributed by atoms with E-state index in [-0.39, 0.29) is 19.6 Å². The molecule has 23 heavy (non-hydrogen) atoms. The van der Waals surface area contributed by atoms with Crippen molar-refractivity contribution in [3.8, 4) is 0 Å². The molecule has 0 aliphatic heterocycles. The van der Waals surface area contributed by atoms with E-state index >= 15 is 0 Å². The second kappa shape index (κ2) is 8.05. The number of hydrogen-bond donors (Lipinski definition) is 5. The molecule has 0 bridgehead atoms. The molecule has 1 aromatic rings. The lowest BCUT2D eigenvalue weighted by atomic mass is 9.87. The third kappa shape index (κ3) is 5.31. The van der Waals surface area contributed by atoms with E-state index in [4.69, 9.17) is 10.8 Å². The van der Waals surface area contributed by atoms with Gasteiger partial charge in [-0.1, -0.05) is 13.8 Å². The maximum absolute atomic E-state index is 12.0. The number of amides is 1. The third-order valence-electron chi connectivity index (χ3n) is 3.61. The lowest BCUT2D eigenvalue weighted by Gasteiger charge is -2.27. The highest BCUT2D eigenvalue weighted by atomic mass is 16.3. The smallest absolute Gasteiger partial charge is 0.249 e. The van der Waals surface area contributed by atoms with Gasteiger partial charge in [-0.05, 0) is 30.7 Å². The first-order chi connectivity index (χ1) is 10.7. The third-order valence-corrected chi connectivity index (χ3v) is 3.61. The van der Waals surface area contributed by atoms with Gasteiger partial charge in [-0.3, -0.25) is 9.59 Å². The zero-order valence-corrected chi connectivity index (χ0v) is 13.3. The number of aliphatic hydroxyl groups excluding tert-OH is 3. The van der Waals surface area contributed by atoms with Crippen LogP contribution in [-0.2, 0) is 4.79 Å². The van der Waals surface area contributed by atoms with Crippen LogP contribution in [0.2, 0.25) is 0 Å². The number of ketones is 1. The fourth-order valence-corrected chi connectivity index (χ4v) is 1.84. The van der Waals surface area contributed by atoms with E-state index in [2.05, 4.69) is 5.32 Å². The second-order valence-electron chi connectivity index (χ2n) is 6.13. The monoisotopic (exact) mass is 324 g/mol. The Morgan fingerprint density at radius 1 is 1.22 bits per heavy atom. The van der Waals surface area contributed by atoms with E-state index in [9.17, 15) is 19.8 Å². The summed E-state index contributed by atoms with van der Waals surface area (Å²) in [6.07, 6.45) is -2.62. The summed E-state index contributed by atoms with van der Waals surface area (Å²) in [4.78, 5) is 23.7. The summed E-state index contributed by atoms with van der Waals surface area (Å²) in [5.74, 6) is -1.12. The zero-order chi connectivity index (χ0) is 17.6. The van der Waals surface area contributed by atoms with Crippen LogP contribution in [0.3, 0.4) is 0 Å². The first-order valence-electron chi connectivity index (χ1n) is 7.33. The van der Waals surface area contributed by atoms with Gasteiger partial charge in [-0.15, -0.1) is 0 Å². The van der Waals surface area contributed by atoms with Crippen LogP contribution in [0.15, 0.2) is 24.3 Å². The number of nitrogens with one attached hydrogen (secondary N) is 1. The Labute approximate surface area is 135 Å². The molecule has 0 aliphatic carbocycles. The van der Waals surface area contributed by atoms with E-state index in [0.717, 1.165) is 0 Å². The van der Waals surface area contributed by atoms with E-state index in [0.29, 0.717) is 11.3 Å². The number of rotatable bonds is 8. The van der Waals surface area contributed by atoms with Gasteiger partial charge in [-0.25, -0.2) is 0 Å². The fourth-order valence-electron chi connectivity index (χ4n) is 1.84. The minimum Gasteiger partial charge on any atom is -0.399 e. The van der Waals surface area contributed by atoms with E-state index < -0.39 is 29.3 Å². The number of nitrogen functional groups attached to an aromatic ring is 1. The van der Waals surface area contributed by atoms with Gasteiger partial charge in [0.25, 0.3) is 0 Å². The number of anilines is 1. The molecule has 0 aromatic heterocycles. The van der Waals surface area contributed by atoms with Crippen molar-refractivity contribution in [2.45, 2.75) is 32.5 Å². The van der Waals surface area contributed by atoms with Gasteiger partial charge in [0, 0.05) is 23.2 Å². The minimum atomic E-state index is -1.38. The maximum Gasteiger partial charge on any atom is 0.249 e. The van der Waals surface area contributed by atoms with Gasteiger partial charge < -0.3 is 26.4 Å². The van der Waals surface area contributed by atoms with Gasteiger partial charge in [0.15, 0.2) is 5.78 Å². The molecule has 1 unspecified atom stereocenters. The van der Waals surface area contributed by atoms with Crippen LogP contribution in [0.25, 0.3) is 0 Å². The molecule has 6 N–H and O–H groups in total. The van der Waals surface area contributed by atoms with Crippen molar-refractivity contribution in [2.24, 2.45) is 5.41 Å². The average Bonchev–Trinajstić information content (AvgIpc) is 2.53. The first-order valence-corrected chi connectivity index (χ1v) is 7.33. The quantitative estimate of drug-likeness (QED) is 0.329. The molecule has 0 heterocycles. The van der Waals surface area contributed by atoms with Gasteiger partial charge >= 0.3 is 0 Å². The van der Waals surface area contributed by atoms with Crippen LogP contribution in [0.5, 0.6) is 0 Å². The topological polar surface area (TPSA) is 133 Å². The molecule has 7 nitrogen and oxygen atoms in total. The van der Waals surface area contributed by atoms with Crippen LogP contribution < -0.4 is 11.1 Å². The van der Waals surface area contributed by atoms with Crippen LogP contribution in [0.4, 0.5) is 5.69 Å². The van der Waals surface area contributed by atoms with Crippen molar-refractivity contribution in [3.05, 3.63) is 29.8 Å². The highest BCUT2D eigenvalue weighted by Crippen LogP contribution is 2.19. The summed E-state index contributed by atoms with van der Waals surface area (Å²) < 4.78 is 0. The van der Waals surface area contributed by atoms with Crippen LogP contribution in [0.1, 0.15) is 30.6 Å². The predicted molar refractivity (Wildman–Crippen MR) is 85.7 cm³/mol. The Hall–Kier alpha value is -1.96. The summed E-state index contributed by atoms with van der Waals surface area (Å²) in [5.41, 5.74) is 5.41. The summed E-state index contributed by atoms with van der Waals surface area (Å²) in [6, 6.07) is 6.17. The van der Waals surface area contributed by atoms with Crippen molar-refractivity contribution >= 4 is 17.4 Å². The molecule has 1 aromatic carbocycles. The summed E-state index contributed by atoms with van der Waals surface area (Å²) in [5, 5.41) is 31.2. The van der Waals surface area contributed by atoms with Crippen LogP contribution in [-0.4, -0.2) is 52.4 Å². The molecule has 7 heteroatoms. The molecule has 0 radical (unpaired) electrons. The predicted octanol–water partition coefficient (Wildman–Crippen LogP) is -0.302. The molecule has 0 saturated carbocycles. The lowest BCUT2D eigenvalue weighted by Crippen LogP contribution is -2.46. The highest BCUT2D eigenvalue weighted by Gasteiger charge is 2.32. The molecule has 0 fully saturated rings. The first kappa shape index (κ1) is 19.1. The van der Waals surface area contributed by atoms with Gasteiger partial charge in [0.05, 0.1) is 6.61 Å². The standard InChI is InChI=1S/C16H24N2O5/c1-16(2,9-19)14(22)15(23)18-8-7-12(20)13(21)10-3-5-11(17)6-4-10/h3-6,12,14,19-20,22H,7-9,17H2,1-2H3,(H,18,23)/t12?,14-/m0/s1. The van der Waals surface area contributed by atoms with Gasteiger partial charge in [0.2, 0.25) is 5.91 Å². The number of benzene rings is 1. The van der Waals surface area contributed by atoms with Crippen LogP contribution >= 0.6 is 0 Å². The molecule has 0 spiro atoms. The number of aliphatic hydroxyl groups is 3. The molecule has 2 atom stereocenters. The molecule has 1 rings (SSSR count). The van der Waals surface area contributed by atoms with E-state index in [1.165, 1.54) is 12.1 Å². The van der Waals surface area contributed by atoms with E-state index in [1.807, 2.05) is 0 Å². The Morgan fingerprint density at radius 2 is 1.78 bits per heavy atom. The largest absolute Gasteiger partial charge is 0.399 e. The molecule has 1 amide bonds. The number of hydrogen-bond acceptors (Lipinski definition) is 6. The molecule has 0 aliphatic rings. The lowest BCUT2D eigenvalue weighted by molar-refractivity contribution is -0.137. The Morgan fingerprint density at radius 3 is 2.30 bits per heavy atom. The molecule has 128 valence electrons. The summed E-state index contributed by atoms with van der Waals surface area (Å²) >= 11 is 0. The molecular weight excluding hydrogens is 300 g/mol.